The van der Waals surface area contributed by atoms with E-state index >= 15 is 0 Å². The predicted octanol–water partition coefficient (Wildman–Crippen LogP) is 18.4. The van der Waals surface area contributed by atoms with E-state index in [2.05, 4.69) is 32.9 Å². The first-order valence-corrected chi connectivity index (χ1v) is 24.0. The zero-order chi connectivity index (χ0) is 68.4. The van der Waals surface area contributed by atoms with Crippen LogP contribution in [0.4, 0.5) is 0 Å². The third-order valence-corrected chi connectivity index (χ3v) is 13.1. The van der Waals surface area contributed by atoms with Crippen LogP contribution in [0.1, 0.15) is 159 Å². The Balaban J connectivity index is 0.0000111. The Morgan fingerprint density at radius 2 is 1.05 bits per heavy atom. The van der Waals surface area contributed by atoms with Gasteiger partial charge in [0.2, 0.25) is 0 Å². The Kier molecular flexibility index (Phi) is 8.74. The van der Waals surface area contributed by atoms with Gasteiger partial charge in [-0.25, -0.2) is 4.98 Å². The van der Waals surface area contributed by atoms with Gasteiger partial charge in [-0.1, -0.05) is 224 Å². The number of hydrogen-bond acceptors (Lipinski definition) is 3. The first-order valence-electron chi connectivity index (χ1n) is 34.0. The van der Waals surface area contributed by atoms with Crippen LogP contribution < -0.4 is 0 Å². The van der Waals surface area contributed by atoms with E-state index in [1.165, 1.54) is 4.57 Å². The van der Waals surface area contributed by atoms with Gasteiger partial charge >= 0.3 is 0 Å². The molecule has 0 spiro atoms. The van der Waals surface area contributed by atoms with E-state index in [-0.39, 0.29) is 43.2 Å². The Morgan fingerprint density at radius 1 is 0.493 bits per heavy atom. The number of pyridine rings is 1. The Morgan fingerprint density at radius 3 is 1.64 bits per heavy atom. The monoisotopic (exact) mass is 1160 g/mol. The maximum Gasteiger partial charge on any atom is 0.148 e. The van der Waals surface area contributed by atoms with Crippen LogP contribution in [0.15, 0.2) is 158 Å². The number of rotatable bonds is 7. The maximum absolute atomic E-state index is 13.5. The van der Waals surface area contributed by atoms with E-state index < -0.39 is 103 Å². The molecule has 2 heterocycles. The number of phenolic OH excluding ortho intramolecular Hbond substituents is 1. The molecule has 0 aliphatic heterocycles. The minimum Gasteiger partial charge on any atom is -0.507 e. The van der Waals surface area contributed by atoms with Gasteiger partial charge in [-0.05, 0) is 96.3 Å². The molecule has 0 unspecified atom stereocenters. The molecule has 0 bridgehead atoms. The smallest absolute Gasteiger partial charge is 0.148 e. The number of nitrogens with zero attached hydrogens (tertiary/aromatic N) is 3. The van der Waals surface area contributed by atoms with Crippen molar-refractivity contribution in [2.24, 2.45) is 0 Å². The molecule has 73 heavy (non-hydrogen) atoms. The molecule has 4 nitrogen and oxygen atoms in total. The van der Waals surface area contributed by atoms with E-state index in [1.807, 2.05) is 120 Å². The van der Waals surface area contributed by atoms with E-state index in [9.17, 15) is 7.85 Å². The second kappa shape index (κ2) is 19.5. The van der Waals surface area contributed by atoms with Crippen molar-refractivity contribution in [3.8, 4) is 78.6 Å². The number of benzene rings is 7. The molecule has 0 fully saturated rings. The topological polar surface area (TPSA) is 50.9 Å². The quantitative estimate of drug-likeness (QED) is 0.162. The molecule has 9 rings (SSSR count). The molecule has 0 amide bonds. The second-order valence-corrected chi connectivity index (χ2v) is 21.7. The van der Waals surface area contributed by atoms with Gasteiger partial charge in [-0.3, -0.25) is 9.55 Å². The summed E-state index contributed by atoms with van der Waals surface area (Å²) in [5.74, 6) is -2.39. The van der Waals surface area contributed by atoms with Crippen molar-refractivity contribution in [3.05, 3.63) is 192 Å². The van der Waals surface area contributed by atoms with Crippen molar-refractivity contribution in [1.29, 1.82) is 0 Å². The SMILES string of the molecule is [2H]c1c(-c2nc3c(-c4[c-]c(-c5cc(-c6ccccc6C(C)(C)C)ccn5)cc(C(C)(C)C)c4)cccc3n2-c2c(-c3ccccc3)cc(C(C)(C)C)cc2-c2ccccc2)c(O)c(C(C([2H])([2H])[2H])(C([2H])([2H])[2H])C([2H])([2H])[2H])c([2H])c1C(C([2H])([2H])[2H])(C([2H])([2H])[2H])C([2H])([2H])[2H].[Pt]. The fourth-order valence-corrected chi connectivity index (χ4v) is 9.26. The summed E-state index contributed by atoms with van der Waals surface area (Å²) < 4.78 is 183. The van der Waals surface area contributed by atoms with Crippen LogP contribution in [0.5, 0.6) is 5.75 Å². The molecule has 9 aromatic rings. The van der Waals surface area contributed by atoms with Crippen molar-refractivity contribution >= 4 is 11.0 Å². The van der Waals surface area contributed by atoms with Crippen LogP contribution in [0.3, 0.4) is 0 Å². The molecule has 1 N–H and O–H groups in total. The molecule has 7 aromatic carbocycles. The van der Waals surface area contributed by atoms with Crippen LogP contribution in [-0.4, -0.2) is 19.6 Å². The molecule has 0 radical (unpaired) electrons. The first-order chi connectivity index (χ1) is 42.1. The first kappa shape index (κ1) is 32.8. The van der Waals surface area contributed by atoms with Crippen molar-refractivity contribution in [3.63, 3.8) is 0 Å². The van der Waals surface area contributed by atoms with Gasteiger partial charge in [0.25, 0.3) is 0 Å². The van der Waals surface area contributed by atoms with E-state index in [0.29, 0.717) is 44.6 Å². The van der Waals surface area contributed by atoms with Crippen molar-refractivity contribution in [2.75, 3.05) is 0 Å². The summed E-state index contributed by atoms with van der Waals surface area (Å²) >= 11 is 0. The molecular weight excluding hydrogens is 1070 g/mol. The average molecular weight is 1160 g/mol. The Hall–Kier alpha value is -6.35. The molecule has 5 heteroatoms. The van der Waals surface area contributed by atoms with Crippen LogP contribution in [0.25, 0.3) is 83.9 Å². The van der Waals surface area contributed by atoms with Crippen molar-refractivity contribution in [1.82, 2.24) is 14.5 Å². The van der Waals surface area contributed by atoms with Gasteiger partial charge in [-0.15, -0.1) is 29.3 Å². The summed E-state index contributed by atoms with van der Waals surface area (Å²) in [6.07, 6.45) is 1.71. The fourth-order valence-electron chi connectivity index (χ4n) is 9.26. The number of aromatic nitrogens is 3. The standard InChI is InChI=1S/C68H72N3O.Pt/c1-64(2,3)48-36-46(35-47(37-48)58-38-45(33-34-69-58)51-29-22-23-31-56(51)67(10,11)12)52-30-24-32-59-60(52)70-63(55-41-50(66(7,8)9)42-57(62(55)72)68(13,14)15)71(59)61-53(43-25-18-16-19-26-43)39-49(65(4,5)6)40-54(61)44-27-20-17-21-28-44;/h16-34,36-42,72H,1-15H3;/q-1;/i7D3,8D3,9D3,13D3,14D3,15D3,41D,42D;. The van der Waals surface area contributed by atoms with Crippen molar-refractivity contribution < 1.29 is 53.6 Å². The molecular formula is C68H72N3OPt-. The zero-order valence-electron chi connectivity index (χ0n) is 62.5. The maximum atomic E-state index is 13.5. The minimum absolute atomic E-state index is 0. The largest absolute Gasteiger partial charge is 0.507 e. The van der Waals surface area contributed by atoms with Gasteiger partial charge in [0.15, 0.2) is 0 Å². The number of para-hydroxylation sites is 1. The average Bonchev–Trinajstić information content (AvgIpc) is 1.22. The fraction of sp³-hybridized carbons (Fsp3) is 0.294. The summed E-state index contributed by atoms with van der Waals surface area (Å²) in [6.45, 7) is -7.64. The van der Waals surface area contributed by atoms with Gasteiger partial charge in [0.1, 0.15) is 11.6 Å². The summed E-state index contributed by atoms with van der Waals surface area (Å²) in [4.78, 5) is 10.1. The van der Waals surface area contributed by atoms with E-state index in [1.54, 1.807) is 60.8 Å². The van der Waals surface area contributed by atoms with Crippen LogP contribution in [0, 0.1) is 6.07 Å². The molecule has 2 aromatic heterocycles. The number of imidazole rings is 1. The third kappa shape index (κ3) is 10.6. The number of fused-ring (bicyclic) bond motifs is 1. The molecule has 0 atom stereocenters. The molecule has 0 aliphatic carbocycles. The number of aromatic hydroxyl groups is 1. The second-order valence-electron chi connectivity index (χ2n) is 21.7. The predicted molar refractivity (Wildman–Crippen MR) is 305 cm³/mol. The summed E-state index contributed by atoms with van der Waals surface area (Å²) in [7, 11) is 0. The molecule has 0 saturated carbocycles. The minimum atomic E-state index is -4.46. The Bertz CT molecular complexity index is 4080. The number of hydrogen-bond donors (Lipinski definition) is 1. The summed E-state index contributed by atoms with van der Waals surface area (Å²) in [5, 5.41) is 13.5. The molecule has 0 aliphatic rings. The van der Waals surface area contributed by atoms with Gasteiger partial charge in [-0.2, -0.15) is 0 Å². The Labute approximate surface area is 478 Å². The third-order valence-electron chi connectivity index (χ3n) is 13.1. The van der Waals surface area contributed by atoms with Crippen molar-refractivity contribution in [2.45, 2.75) is 130 Å². The molecule has 0 saturated heterocycles. The zero-order valence-corrected chi connectivity index (χ0v) is 44.7. The van der Waals surface area contributed by atoms with Crippen LogP contribution in [-0.2, 0) is 48.1 Å². The summed E-state index contributed by atoms with van der Waals surface area (Å²) in [5.41, 5.74) is -6.42. The van der Waals surface area contributed by atoms with Gasteiger partial charge < -0.3 is 5.11 Å². The van der Waals surface area contributed by atoms with Crippen LogP contribution >= 0.6 is 0 Å². The van der Waals surface area contributed by atoms with Gasteiger partial charge in [0, 0.05) is 74.3 Å². The van der Waals surface area contributed by atoms with Crippen LogP contribution in [0.2, 0.25) is 0 Å². The summed E-state index contributed by atoms with van der Waals surface area (Å²) in [6, 6.07) is 42.8. The molecule has 376 valence electrons. The number of phenols is 1. The van der Waals surface area contributed by atoms with E-state index in [0.717, 1.165) is 27.8 Å². The van der Waals surface area contributed by atoms with Gasteiger partial charge in [0.05, 0.1) is 25.0 Å². The van der Waals surface area contributed by atoms with E-state index in [4.69, 9.17) is 34.6 Å². The normalized spacial score (nSPS) is 17.6.